The van der Waals surface area contributed by atoms with Crippen molar-refractivity contribution >= 4 is 33.3 Å². The molecule has 3 aromatic carbocycles. The number of amidine groups is 1. The molecule has 0 spiro atoms. The summed E-state index contributed by atoms with van der Waals surface area (Å²) < 4.78 is 33.7. The molecule has 0 bridgehead atoms. The largest absolute Gasteiger partial charge is 1.00 e. The smallest absolute Gasteiger partial charge is 0.744 e. The number of carboxylic acid groups (broad SMARTS) is 1. The van der Waals surface area contributed by atoms with Gasteiger partial charge in [-0.1, -0.05) is 57.3 Å². The summed E-state index contributed by atoms with van der Waals surface area (Å²) in [5.74, 6) is -1.52. The molecule has 12 heteroatoms. The molecule has 0 saturated heterocycles. The van der Waals surface area contributed by atoms with Gasteiger partial charge < -0.3 is 14.8 Å². The predicted octanol–water partition coefficient (Wildman–Crippen LogP) is 1.83. The summed E-state index contributed by atoms with van der Waals surface area (Å²) in [6.07, 6.45) is 0. The van der Waals surface area contributed by atoms with Gasteiger partial charge >= 0.3 is 35.5 Å². The molecule has 0 atom stereocenters. The summed E-state index contributed by atoms with van der Waals surface area (Å²) in [7, 11) is -4.74. The molecule has 3 aromatic rings. The molecule has 0 unspecified atom stereocenters. The van der Waals surface area contributed by atoms with Gasteiger partial charge in [-0.2, -0.15) is 5.10 Å². The number of carbonyl (C=O) groups is 1. The van der Waals surface area contributed by atoms with Gasteiger partial charge in [-0.25, -0.2) is 13.2 Å². The SMILES string of the molecule is C.C.O=C(O)c1ccccc1N=NC(=NNc1cc(S(=O)(=O)[O-])ccc1O)c1ccccc1.[Na+]. The second-order valence-corrected chi connectivity index (χ2v) is 7.45. The number of phenols is 1. The van der Waals surface area contributed by atoms with Crippen molar-refractivity contribution in [2.45, 2.75) is 19.7 Å². The second kappa shape index (κ2) is 13.6. The molecule has 0 amide bonds. The van der Waals surface area contributed by atoms with E-state index in [0.717, 1.165) is 18.2 Å². The molecular weight excluding hydrogens is 471 g/mol. The summed E-state index contributed by atoms with van der Waals surface area (Å²) in [5, 5.41) is 31.2. The van der Waals surface area contributed by atoms with Crippen LogP contribution in [0.4, 0.5) is 11.4 Å². The van der Waals surface area contributed by atoms with E-state index in [0.29, 0.717) is 5.56 Å². The Kier molecular flexibility index (Phi) is 12.3. The fourth-order valence-electron chi connectivity index (χ4n) is 2.45. The van der Waals surface area contributed by atoms with Crippen LogP contribution in [0.5, 0.6) is 5.75 Å². The number of hydrogen-bond donors (Lipinski definition) is 3. The molecule has 0 fully saturated rings. The van der Waals surface area contributed by atoms with E-state index in [1.165, 1.54) is 12.1 Å². The molecule has 0 aliphatic rings. The average Bonchev–Trinajstić information content (AvgIpc) is 2.75. The van der Waals surface area contributed by atoms with Gasteiger partial charge in [0.15, 0.2) is 0 Å². The summed E-state index contributed by atoms with van der Waals surface area (Å²) in [4.78, 5) is 10.8. The summed E-state index contributed by atoms with van der Waals surface area (Å²) in [6, 6.07) is 17.5. The van der Waals surface area contributed by atoms with Gasteiger partial charge in [0.05, 0.1) is 16.1 Å². The zero-order valence-electron chi connectivity index (χ0n) is 16.7. The standard InChI is InChI=1S/C20H16N4O6S.2CH4.Na/c25-18-11-10-14(31(28,29)30)12-17(18)22-24-19(13-6-2-1-3-7-13)23-21-16-9-5-4-8-15(16)20(26)27;;;/h1-12,22,25H,(H,26,27)(H,28,29,30);2*1H4;/q;;;+1/p-1. The van der Waals surface area contributed by atoms with Gasteiger partial charge in [-0.15, -0.1) is 10.2 Å². The number of aromatic hydroxyl groups is 1. The first-order chi connectivity index (χ1) is 14.8. The maximum Gasteiger partial charge on any atom is 1.00 e. The van der Waals surface area contributed by atoms with Crippen molar-refractivity contribution in [3.63, 3.8) is 0 Å². The Balaban J connectivity index is 0.00000363. The number of azo groups is 1. The monoisotopic (exact) mass is 494 g/mol. The first kappa shape index (κ1) is 30.9. The van der Waals surface area contributed by atoms with Gasteiger partial charge in [-0.05, 0) is 30.3 Å². The van der Waals surface area contributed by atoms with Crippen LogP contribution >= 0.6 is 0 Å². The Morgan fingerprint density at radius 2 is 1.56 bits per heavy atom. The van der Waals surface area contributed by atoms with Gasteiger partial charge in [0.2, 0.25) is 5.84 Å². The van der Waals surface area contributed by atoms with E-state index in [-0.39, 0.29) is 72.9 Å². The molecule has 0 heterocycles. The molecule has 0 saturated carbocycles. The normalized spacial score (nSPS) is 11.0. The number of aromatic carboxylic acids is 1. The van der Waals surface area contributed by atoms with Crippen LogP contribution in [-0.4, -0.2) is 35.0 Å². The minimum Gasteiger partial charge on any atom is -0.744 e. The Hall–Kier alpha value is -3.09. The van der Waals surface area contributed by atoms with Gasteiger partial charge in [0.1, 0.15) is 21.6 Å². The van der Waals surface area contributed by atoms with Crippen molar-refractivity contribution in [3.05, 3.63) is 83.9 Å². The van der Waals surface area contributed by atoms with Gasteiger partial charge in [0, 0.05) is 5.56 Å². The van der Waals surface area contributed by atoms with Crippen LogP contribution in [0.1, 0.15) is 30.8 Å². The molecule has 34 heavy (non-hydrogen) atoms. The van der Waals surface area contributed by atoms with E-state index in [1.54, 1.807) is 42.5 Å². The number of anilines is 1. The van der Waals surface area contributed by atoms with Gasteiger partial charge in [0.25, 0.3) is 0 Å². The van der Waals surface area contributed by atoms with Crippen molar-refractivity contribution in [2.24, 2.45) is 15.3 Å². The predicted molar refractivity (Wildman–Crippen MR) is 124 cm³/mol. The maximum atomic E-state index is 11.4. The van der Waals surface area contributed by atoms with E-state index < -0.39 is 21.0 Å². The number of nitrogens with zero attached hydrogens (tertiary/aromatic N) is 3. The average molecular weight is 495 g/mol. The van der Waals surface area contributed by atoms with Crippen LogP contribution < -0.4 is 35.0 Å². The minimum absolute atomic E-state index is 0. The molecule has 3 rings (SSSR count). The van der Waals surface area contributed by atoms with Crippen LogP contribution in [0.25, 0.3) is 0 Å². The van der Waals surface area contributed by atoms with Crippen molar-refractivity contribution < 1.29 is 57.5 Å². The van der Waals surface area contributed by atoms with E-state index >= 15 is 0 Å². The van der Waals surface area contributed by atoms with Crippen LogP contribution in [0.2, 0.25) is 0 Å². The second-order valence-electron chi connectivity index (χ2n) is 6.07. The van der Waals surface area contributed by atoms with Crippen molar-refractivity contribution in [2.75, 3.05) is 5.43 Å². The number of rotatable bonds is 6. The molecule has 10 nitrogen and oxygen atoms in total. The number of nitrogens with one attached hydrogen (secondary N) is 1. The topological polar surface area (TPSA) is 164 Å². The van der Waals surface area contributed by atoms with Crippen LogP contribution in [0.3, 0.4) is 0 Å². The molecule has 0 radical (unpaired) electrons. The minimum atomic E-state index is -4.74. The Labute approximate surface area is 220 Å². The molecule has 174 valence electrons. The summed E-state index contributed by atoms with van der Waals surface area (Å²) in [5.41, 5.74) is 2.85. The quantitative estimate of drug-likeness (QED) is 0.0895. The fourth-order valence-corrected chi connectivity index (χ4v) is 2.95. The van der Waals surface area contributed by atoms with E-state index in [9.17, 15) is 28.0 Å². The van der Waals surface area contributed by atoms with E-state index in [1.807, 2.05) is 0 Å². The molecule has 3 N–H and O–H groups in total. The van der Waals surface area contributed by atoms with Crippen molar-refractivity contribution in [1.82, 2.24) is 0 Å². The van der Waals surface area contributed by atoms with E-state index in [4.69, 9.17) is 0 Å². The van der Waals surface area contributed by atoms with Crippen LogP contribution in [0.15, 0.2) is 93.0 Å². The molecule has 0 aromatic heterocycles. The maximum absolute atomic E-state index is 11.4. The molecule has 0 aliphatic heterocycles. The van der Waals surface area contributed by atoms with Gasteiger partial charge in [-0.3, -0.25) is 5.43 Å². The first-order valence-electron chi connectivity index (χ1n) is 8.68. The number of carboxylic acids is 1. The number of phenolic OH excluding ortho intramolecular Hbond substituents is 1. The third kappa shape index (κ3) is 8.04. The van der Waals surface area contributed by atoms with E-state index in [2.05, 4.69) is 20.8 Å². The van der Waals surface area contributed by atoms with Crippen LogP contribution in [0, 0.1) is 0 Å². The fraction of sp³-hybridized carbons (Fsp3) is 0.0909. The number of benzene rings is 3. The molecular formula is C22H23N4NaO6S. The van der Waals surface area contributed by atoms with Crippen molar-refractivity contribution in [1.29, 1.82) is 0 Å². The Morgan fingerprint density at radius 3 is 2.18 bits per heavy atom. The third-order valence-electron chi connectivity index (χ3n) is 3.96. The van der Waals surface area contributed by atoms with Crippen LogP contribution in [-0.2, 0) is 10.1 Å². The third-order valence-corrected chi connectivity index (χ3v) is 4.79. The van der Waals surface area contributed by atoms with Crippen molar-refractivity contribution in [3.8, 4) is 5.75 Å². The zero-order valence-corrected chi connectivity index (χ0v) is 19.5. The number of hydrogen-bond acceptors (Lipinski definition) is 8. The first-order valence-corrected chi connectivity index (χ1v) is 10.1. The number of hydrazone groups is 1. The molecule has 0 aliphatic carbocycles. The Morgan fingerprint density at radius 1 is 0.941 bits per heavy atom. The zero-order chi connectivity index (χ0) is 22.4. The Bertz CT molecular complexity index is 1280. The summed E-state index contributed by atoms with van der Waals surface area (Å²) >= 11 is 0. The summed E-state index contributed by atoms with van der Waals surface area (Å²) in [6.45, 7) is 0.